The number of sulfone groups is 1. The minimum atomic E-state index is -5.31. The molecule has 1 heterocycles. The molecule has 0 saturated carbocycles. The third kappa shape index (κ3) is 1.65. The number of benzene rings is 1. The lowest BCUT2D eigenvalue weighted by Gasteiger charge is -2.07. The molecule has 0 atom stereocenters. The lowest BCUT2D eigenvalue weighted by molar-refractivity contribution is -0.0435. The molecule has 0 aliphatic carbocycles. The second kappa shape index (κ2) is 3.39. The topological polar surface area (TPSA) is 59.9 Å². The van der Waals surface area contributed by atoms with Crippen LogP contribution in [0.3, 0.4) is 0 Å². The molecule has 0 amide bonds. The van der Waals surface area contributed by atoms with Gasteiger partial charge < -0.3 is 0 Å². The summed E-state index contributed by atoms with van der Waals surface area (Å²) in [6, 6.07) is 2.92. The maximum Gasteiger partial charge on any atom is 0.501 e. The summed E-state index contributed by atoms with van der Waals surface area (Å²) in [6.45, 7) is 0. The molecule has 0 saturated heterocycles. The van der Waals surface area contributed by atoms with Gasteiger partial charge in [-0.2, -0.15) is 21.9 Å². The van der Waals surface area contributed by atoms with Crippen molar-refractivity contribution >= 4 is 32.6 Å². The number of aromatic nitrogens is 2. The molecule has 0 fully saturated rings. The van der Waals surface area contributed by atoms with Crippen molar-refractivity contribution in [1.82, 2.24) is 8.75 Å². The Kier molecular flexibility index (Phi) is 2.39. The molecule has 2 rings (SSSR count). The number of hydrogen-bond acceptors (Lipinski definition) is 5. The van der Waals surface area contributed by atoms with Gasteiger partial charge >= 0.3 is 5.51 Å². The molecule has 0 aliphatic rings. The number of nitrogens with zero attached hydrogens (tertiary/aromatic N) is 2. The molecular formula is C7H3F3N2O2S2. The molecule has 16 heavy (non-hydrogen) atoms. The fourth-order valence-electron chi connectivity index (χ4n) is 1.06. The highest BCUT2D eigenvalue weighted by Crippen LogP contribution is 2.31. The molecule has 4 nitrogen and oxygen atoms in total. The smallest absolute Gasteiger partial charge is 0.214 e. The molecule has 0 bridgehead atoms. The lowest BCUT2D eigenvalue weighted by Crippen LogP contribution is -2.23. The predicted octanol–water partition coefficient (Wildman–Crippen LogP) is 1.98. The van der Waals surface area contributed by atoms with Gasteiger partial charge in [-0.05, 0) is 18.2 Å². The SMILES string of the molecule is O=S(=O)(c1ccc2nsnc2c1)C(F)(F)F. The van der Waals surface area contributed by atoms with Crippen LogP contribution in [0.2, 0.25) is 0 Å². The molecule has 9 heteroatoms. The molecule has 86 valence electrons. The van der Waals surface area contributed by atoms with Gasteiger partial charge in [-0.3, -0.25) is 0 Å². The fourth-order valence-corrected chi connectivity index (χ4v) is 2.36. The Labute approximate surface area is 92.0 Å². The molecule has 1 aromatic carbocycles. The van der Waals surface area contributed by atoms with E-state index >= 15 is 0 Å². The van der Waals surface area contributed by atoms with E-state index < -0.39 is 20.2 Å². The predicted molar refractivity (Wildman–Crippen MR) is 50.7 cm³/mol. The standard InChI is InChI=1S/C7H3F3N2O2S2/c8-7(9,10)16(13,14)4-1-2-5-6(3-4)12-15-11-5/h1-3H. The summed E-state index contributed by atoms with van der Waals surface area (Å²) in [4.78, 5) is -0.819. The molecule has 0 aliphatic heterocycles. The van der Waals surface area contributed by atoms with E-state index in [1.807, 2.05) is 0 Å². The highest BCUT2D eigenvalue weighted by molar-refractivity contribution is 7.92. The first-order valence-electron chi connectivity index (χ1n) is 3.86. The number of alkyl halides is 3. The average molecular weight is 268 g/mol. The molecule has 1 aromatic heterocycles. The van der Waals surface area contributed by atoms with E-state index in [2.05, 4.69) is 8.75 Å². The number of hydrogen-bond donors (Lipinski definition) is 0. The van der Waals surface area contributed by atoms with Gasteiger partial charge in [0.05, 0.1) is 16.6 Å². The minimum absolute atomic E-state index is 0.135. The van der Waals surface area contributed by atoms with Crippen LogP contribution in [0, 0.1) is 0 Å². The van der Waals surface area contributed by atoms with Crippen molar-refractivity contribution in [2.45, 2.75) is 10.4 Å². The molecule has 0 spiro atoms. The van der Waals surface area contributed by atoms with Crippen LogP contribution in [0.5, 0.6) is 0 Å². The van der Waals surface area contributed by atoms with Crippen LogP contribution in [0.15, 0.2) is 23.1 Å². The van der Waals surface area contributed by atoms with Crippen LogP contribution in [0.1, 0.15) is 0 Å². The molecular weight excluding hydrogens is 265 g/mol. The number of halogens is 3. The van der Waals surface area contributed by atoms with E-state index in [0.29, 0.717) is 5.52 Å². The summed E-state index contributed by atoms with van der Waals surface area (Å²) in [7, 11) is -5.31. The van der Waals surface area contributed by atoms with Crippen molar-refractivity contribution in [2.75, 3.05) is 0 Å². The van der Waals surface area contributed by atoms with Crippen molar-refractivity contribution in [3.05, 3.63) is 18.2 Å². The van der Waals surface area contributed by atoms with E-state index in [1.165, 1.54) is 6.07 Å². The van der Waals surface area contributed by atoms with Crippen LogP contribution in [-0.2, 0) is 9.84 Å². The summed E-state index contributed by atoms with van der Waals surface area (Å²) in [5.41, 5.74) is -4.80. The molecule has 0 unspecified atom stereocenters. The van der Waals surface area contributed by atoms with Gasteiger partial charge in [0.1, 0.15) is 11.0 Å². The van der Waals surface area contributed by atoms with Gasteiger partial charge in [0, 0.05) is 0 Å². The van der Waals surface area contributed by atoms with Crippen LogP contribution in [0.4, 0.5) is 13.2 Å². The third-order valence-corrected chi connectivity index (χ3v) is 3.88. The van der Waals surface area contributed by atoms with Crippen molar-refractivity contribution in [3.8, 4) is 0 Å². The molecule has 2 aromatic rings. The van der Waals surface area contributed by atoms with Crippen molar-refractivity contribution < 1.29 is 21.6 Å². The summed E-state index contributed by atoms with van der Waals surface area (Å²) in [5, 5.41) is 0. The summed E-state index contributed by atoms with van der Waals surface area (Å²) in [6.07, 6.45) is 0. The van der Waals surface area contributed by atoms with Gasteiger partial charge in [0.15, 0.2) is 0 Å². The number of fused-ring (bicyclic) bond motifs is 1. The second-order valence-corrected chi connectivity index (χ2v) is 5.33. The number of rotatable bonds is 1. The Hall–Kier alpha value is -1.22. The van der Waals surface area contributed by atoms with E-state index in [1.54, 1.807) is 0 Å². The van der Waals surface area contributed by atoms with Crippen LogP contribution >= 0.6 is 11.7 Å². The second-order valence-electron chi connectivity index (χ2n) is 2.86. The summed E-state index contributed by atoms with van der Waals surface area (Å²) >= 11 is 0.804. The van der Waals surface area contributed by atoms with Gasteiger partial charge in [-0.25, -0.2) is 8.42 Å². The monoisotopic (exact) mass is 268 g/mol. The first-order valence-corrected chi connectivity index (χ1v) is 6.07. The van der Waals surface area contributed by atoms with Gasteiger partial charge in [-0.15, -0.1) is 0 Å². The molecule has 0 N–H and O–H groups in total. The Morgan fingerprint density at radius 1 is 1.12 bits per heavy atom. The fraction of sp³-hybridized carbons (Fsp3) is 0.143. The highest BCUT2D eigenvalue weighted by Gasteiger charge is 2.46. The zero-order valence-electron chi connectivity index (χ0n) is 7.39. The normalized spacial score (nSPS) is 13.2. The van der Waals surface area contributed by atoms with Gasteiger partial charge in [0.2, 0.25) is 0 Å². The largest absolute Gasteiger partial charge is 0.501 e. The van der Waals surface area contributed by atoms with E-state index in [4.69, 9.17) is 0 Å². The van der Waals surface area contributed by atoms with Crippen molar-refractivity contribution in [2.24, 2.45) is 0 Å². The average Bonchev–Trinajstić information content (AvgIpc) is 2.61. The highest BCUT2D eigenvalue weighted by atomic mass is 32.2. The first kappa shape index (κ1) is 11.3. The van der Waals surface area contributed by atoms with E-state index in [0.717, 1.165) is 23.9 Å². The minimum Gasteiger partial charge on any atom is -0.214 e. The van der Waals surface area contributed by atoms with Crippen LogP contribution in [-0.4, -0.2) is 22.7 Å². The Bertz CT molecular complexity index is 632. The maximum atomic E-state index is 12.2. The maximum absolute atomic E-state index is 12.2. The van der Waals surface area contributed by atoms with Gasteiger partial charge in [0.25, 0.3) is 9.84 Å². The van der Waals surface area contributed by atoms with E-state index in [-0.39, 0.29) is 5.52 Å². The quantitative estimate of drug-likeness (QED) is 0.793. The summed E-state index contributed by atoms with van der Waals surface area (Å²) in [5.74, 6) is 0. The Morgan fingerprint density at radius 3 is 2.38 bits per heavy atom. The van der Waals surface area contributed by atoms with Crippen molar-refractivity contribution in [1.29, 1.82) is 0 Å². The van der Waals surface area contributed by atoms with Crippen molar-refractivity contribution in [3.63, 3.8) is 0 Å². The lowest BCUT2D eigenvalue weighted by atomic mass is 10.3. The summed E-state index contributed by atoms with van der Waals surface area (Å²) < 4.78 is 66.2. The zero-order valence-corrected chi connectivity index (χ0v) is 9.03. The Balaban J connectivity index is 2.64. The third-order valence-electron chi connectivity index (χ3n) is 1.84. The van der Waals surface area contributed by atoms with E-state index in [9.17, 15) is 21.6 Å². The van der Waals surface area contributed by atoms with Crippen LogP contribution < -0.4 is 0 Å². The molecule has 0 radical (unpaired) electrons. The first-order chi connectivity index (χ1) is 7.32. The van der Waals surface area contributed by atoms with Crippen LogP contribution in [0.25, 0.3) is 11.0 Å². The van der Waals surface area contributed by atoms with Gasteiger partial charge in [-0.1, -0.05) is 0 Å². The zero-order chi connectivity index (χ0) is 12.0. The Morgan fingerprint density at radius 2 is 1.75 bits per heavy atom.